The second kappa shape index (κ2) is 6.99. The van der Waals surface area contributed by atoms with E-state index >= 15 is 0 Å². The summed E-state index contributed by atoms with van der Waals surface area (Å²) in [5, 5.41) is 0.997. The normalized spacial score (nSPS) is 14.9. The second-order valence-corrected chi connectivity index (χ2v) is 7.95. The van der Waals surface area contributed by atoms with E-state index in [4.69, 9.17) is 0 Å². The number of hydrogen-bond donors (Lipinski definition) is 1. The molecular formula is C24H14BrF3N2. The first kappa shape index (κ1) is 18.9. The van der Waals surface area contributed by atoms with Crippen LogP contribution in [0.1, 0.15) is 22.3 Å². The first-order valence-corrected chi connectivity index (χ1v) is 10.0. The van der Waals surface area contributed by atoms with Crippen LogP contribution in [-0.4, -0.2) is 11.2 Å². The predicted molar refractivity (Wildman–Crippen MR) is 118 cm³/mol. The Kier molecular flexibility index (Phi) is 4.40. The number of aliphatic imine (C=N–C) groups is 1. The maximum absolute atomic E-state index is 13.1. The third kappa shape index (κ3) is 3.17. The topological polar surface area (TPSA) is 28.1 Å². The highest BCUT2D eigenvalue weighted by molar-refractivity contribution is 9.10. The molecule has 4 aromatic rings. The van der Waals surface area contributed by atoms with E-state index in [9.17, 15) is 13.2 Å². The van der Waals surface area contributed by atoms with Crippen LogP contribution in [0.4, 0.5) is 18.9 Å². The lowest BCUT2D eigenvalue weighted by Crippen LogP contribution is -2.04. The molecule has 6 heteroatoms. The van der Waals surface area contributed by atoms with Gasteiger partial charge in [0, 0.05) is 50.1 Å². The molecular weight excluding hydrogens is 453 g/mol. The van der Waals surface area contributed by atoms with Gasteiger partial charge in [0.05, 0.1) is 11.3 Å². The predicted octanol–water partition coefficient (Wildman–Crippen LogP) is 7.62. The van der Waals surface area contributed by atoms with E-state index in [0.717, 1.165) is 55.5 Å². The number of halogens is 4. The lowest BCUT2D eigenvalue weighted by Gasteiger charge is -2.14. The summed E-state index contributed by atoms with van der Waals surface area (Å²) in [7, 11) is 0. The number of fused-ring (bicyclic) bond motifs is 2. The number of nitrogens with zero attached hydrogens (tertiary/aromatic N) is 1. The third-order valence-corrected chi connectivity index (χ3v) is 5.70. The Morgan fingerprint density at radius 1 is 0.933 bits per heavy atom. The second-order valence-electron chi connectivity index (χ2n) is 7.03. The molecule has 0 bridgehead atoms. The fourth-order valence-electron chi connectivity index (χ4n) is 3.80. The van der Waals surface area contributed by atoms with E-state index in [0.29, 0.717) is 5.56 Å². The minimum absolute atomic E-state index is 0.669. The minimum atomic E-state index is -4.38. The van der Waals surface area contributed by atoms with Gasteiger partial charge in [-0.25, -0.2) is 0 Å². The molecule has 0 unspecified atom stereocenters. The van der Waals surface area contributed by atoms with E-state index in [-0.39, 0.29) is 0 Å². The Morgan fingerprint density at radius 2 is 1.70 bits per heavy atom. The Labute approximate surface area is 178 Å². The SMILES string of the molecule is FC(F)(F)c1ccc(C(=C2C=Nc3ccc(Br)cc32)c2c[nH]c3ccccc23)cc1. The molecule has 0 amide bonds. The maximum atomic E-state index is 13.1. The van der Waals surface area contributed by atoms with E-state index in [1.807, 2.05) is 48.7 Å². The molecule has 0 atom stereocenters. The molecule has 1 aliphatic rings. The van der Waals surface area contributed by atoms with Crippen molar-refractivity contribution >= 4 is 49.9 Å². The highest BCUT2D eigenvalue weighted by Gasteiger charge is 2.30. The number of para-hydroxylation sites is 1. The van der Waals surface area contributed by atoms with E-state index in [1.54, 1.807) is 6.21 Å². The van der Waals surface area contributed by atoms with Crippen molar-refractivity contribution in [3.8, 4) is 0 Å². The number of rotatable bonds is 2. The van der Waals surface area contributed by atoms with Gasteiger partial charge in [-0.1, -0.05) is 46.3 Å². The van der Waals surface area contributed by atoms with Crippen LogP contribution in [0.3, 0.4) is 0 Å². The fourth-order valence-corrected chi connectivity index (χ4v) is 4.16. The average molecular weight is 467 g/mol. The number of aromatic amines is 1. The molecule has 0 radical (unpaired) electrons. The van der Waals surface area contributed by atoms with Crippen molar-refractivity contribution in [2.75, 3.05) is 0 Å². The van der Waals surface area contributed by atoms with Crippen LogP contribution in [0.2, 0.25) is 0 Å². The molecule has 0 aliphatic carbocycles. The number of alkyl halides is 3. The molecule has 5 rings (SSSR count). The molecule has 3 aromatic carbocycles. The van der Waals surface area contributed by atoms with Crippen molar-refractivity contribution in [1.29, 1.82) is 0 Å². The molecule has 0 saturated carbocycles. The Balaban J connectivity index is 1.79. The number of H-pyrrole nitrogens is 1. The van der Waals surface area contributed by atoms with Crippen molar-refractivity contribution in [1.82, 2.24) is 4.98 Å². The summed E-state index contributed by atoms with van der Waals surface area (Å²) in [4.78, 5) is 7.79. The minimum Gasteiger partial charge on any atom is -0.361 e. The standard InChI is InChI=1S/C24H14BrF3N2/c25-16-9-10-22-18(11-16)20(13-30-22)23(14-5-7-15(8-6-14)24(26,27)28)19-12-29-21-4-2-1-3-17(19)21/h1-13,29H. The number of nitrogens with one attached hydrogen (secondary N) is 1. The van der Waals surface area contributed by atoms with Gasteiger partial charge < -0.3 is 4.98 Å². The van der Waals surface area contributed by atoms with Crippen LogP contribution in [-0.2, 0) is 6.18 Å². The zero-order valence-corrected chi connectivity index (χ0v) is 17.1. The van der Waals surface area contributed by atoms with Crippen LogP contribution in [0.15, 0.2) is 82.4 Å². The third-order valence-electron chi connectivity index (χ3n) is 5.21. The summed E-state index contributed by atoms with van der Waals surface area (Å²) < 4.78 is 40.2. The van der Waals surface area contributed by atoms with Gasteiger partial charge in [-0.15, -0.1) is 0 Å². The Hall–Kier alpha value is -3.12. The van der Waals surface area contributed by atoms with Crippen LogP contribution in [0.5, 0.6) is 0 Å². The smallest absolute Gasteiger partial charge is 0.361 e. The van der Waals surface area contributed by atoms with Gasteiger partial charge in [0.25, 0.3) is 0 Å². The lowest BCUT2D eigenvalue weighted by molar-refractivity contribution is -0.137. The summed E-state index contributed by atoms with van der Waals surface area (Å²) >= 11 is 3.51. The average Bonchev–Trinajstić information content (AvgIpc) is 3.33. The van der Waals surface area contributed by atoms with Gasteiger partial charge in [0.2, 0.25) is 0 Å². The zero-order valence-electron chi connectivity index (χ0n) is 15.5. The highest BCUT2D eigenvalue weighted by atomic mass is 79.9. The summed E-state index contributed by atoms with van der Waals surface area (Å²) in [6.45, 7) is 0. The number of hydrogen-bond acceptors (Lipinski definition) is 1. The fraction of sp³-hybridized carbons (Fsp3) is 0.0417. The Bertz CT molecular complexity index is 1330. The van der Waals surface area contributed by atoms with Gasteiger partial charge in [-0.3, -0.25) is 4.99 Å². The zero-order chi connectivity index (χ0) is 20.9. The lowest BCUT2D eigenvalue weighted by atomic mass is 9.89. The van der Waals surface area contributed by atoms with Gasteiger partial charge in [-0.2, -0.15) is 13.2 Å². The molecule has 1 aliphatic heterocycles. The van der Waals surface area contributed by atoms with Crippen LogP contribution in [0, 0.1) is 0 Å². The van der Waals surface area contributed by atoms with Gasteiger partial charge >= 0.3 is 6.18 Å². The van der Waals surface area contributed by atoms with Gasteiger partial charge in [0.1, 0.15) is 0 Å². The van der Waals surface area contributed by atoms with Crippen LogP contribution in [0.25, 0.3) is 22.0 Å². The van der Waals surface area contributed by atoms with Gasteiger partial charge in [0.15, 0.2) is 0 Å². The highest BCUT2D eigenvalue weighted by Crippen LogP contribution is 2.42. The number of benzene rings is 3. The molecule has 1 N–H and O–H groups in total. The maximum Gasteiger partial charge on any atom is 0.416 e. The summed E-state index contributed by atoms with van der Waals surface area (Å²) in [6, 6.07) is 19.0. The molecule has 2 heterocycles. The molecule has 0 spiro atoms. The van der Waals surface area contributed by atoms with Crippen LogP contribution < -0.4 is 0 Å². The molecule has 0 fully saturated rings. The quantitative estimate of drug-likeness (QED) is 0.314. The van der Waals surface area contributed by atoms with E-state index in [1.165, 1.54) is 12.1 Å². The summed E-state index contributed by atoms with van der Waals surface area (Å²) in [5.41, 5.74) is 5.38. The molecule has 30 heavy (non-hydrogen) atoms. The molecule has 0 saturated heterocycles. The number of aromatic nitrogens is 1. The van der Waals surface area contributed by atoms with Crippen molar-refractivity contribution in [2.24, 2.45) is 4.99 Å². The van der Waals surface area contributed by atoms with Crippen molar-refractivity contribution in [3.63, 3.8) is 0 Å². The number of allylic oxidation sites excluding steroid dienone is 1. The summed E-state index contributed by atoms with van der Waals surface area (Å²) in [5.74, 6) is 0. The first-order valence-electron chi connectivity index (χ1n) is 9.24. The molecule has 2 nitrogen and oxygen atoms in total. The molecule has 1 aromatic heterocycles. The Morgan fingerprint density at radius 3 is 2.47 bits per heavy atom. The van der Waals surface area contributed by atoms with E-state index < -0.39 is 11.7 Å². The van der Waals surface area contributed by atoms with Crippen LogP contribution >= 0.6 is 15.9 Å². The van der Waals surface area contributed by atoms with Crippen molar-refractivity contribution in [3.05, 3.63) is 99.7 Å². The largest absolute Gasteiger partial charge is 0.416 e. The first-order chi connectivity index (χ1) is 14.4. The van der Waals surface area contributed by atoms with Crippen molar-refractivity contribution in [2.45, 2.75) is 6.18 Å². The van der Waals surface area contributed by atoms with E-state index in [2.05, 4.69) is 25.9 Å². The van der Waals surface area contributed by atoms with Crippen molar-refractivity contribution < 1.29 is 13.2 Å². The summed E-state index contributed by atoms with van der Waals surface area (Å²) in [6.07, 6.45) is -0.695. The monoisotopic (exact) mass is 466 g/mol. The van der Waals surface area contributed by atoms with Gasteiger partial charge in [-0.05, 0) is 42.0 Å². The molecule has 148 valence electrons.